The monoisotopic (exact) mass is 1210 g/mol. The number of carbonyl (C=O) groups is 4. The number of carboxylic acids is 1. The van der Waals surface area contributed by atoms with Gasteiger partial charge in [0.05, 0.1) is 48.2 Å². The summed E-state index contributed by atoms with van der Waals surface area (Å²) in [6.07, 6.45) is 2.79. The van der Waals surface area contributed by atoms with Crippen molar-refractivity contribution < 1.29 is 43.1 Å². The van der Waals surface area contributed by atoms with Crippen molar-refractivity contribution in [2.45, 2.75) is 25.7 Å². The molecule has 0 spiro atoms. The van der Waals surface area contributed by atoms with Gasteiger partial charge < -0.3 is 44.7 Å². The van der Waals surface area contributed by atoms with E-state index in [1.165, 1.54) is 62.4 Å². The lowest BCUT2D eigenvalue weighted by Gasteiger charge is -2.19. The SMILES string of the molecule is COc1cc(N=Nc2ccc([N+](=O)[O-])cc2)c(OC)cc1N=Nc1ccc(N(C)CCCC(=O)NCCS/C(=C/C#N)c2ccc(NC(=O)CCCNC(=O)c3ccc(-c4c5ccc(=[N+](C)C)cc-5oc5cc(N(C)C)ccc45)c(C(=O)O)c3)cc2)cc1. The molecule has 88 heavy (non-hydrogen) atoms. The lowest BCUT2D eigenvalue weighted by molar-refractivity contribution is -0.384. The number of nitrogens with zero attached hydrogens (tertiary/aromatic N) is 9. The van der Waals surface area contributed by atoms with Crippen LogP contribution in [0, 0.1) is 21.4 Å². The number of rotatable bonds is 26. The lowest BCUT2D eigenvalue weighted by Crippen LogP contribution is -2.27. The fourth-order valence-corrected chi connectivity index (χ4v) is 10.1. The number of amides is 3. The molecule has 0 radical (unpaired) electrons. The number of hydrogen-bond acceptors (Lipinski definition) is 17. The predicted octanol–water partition coefficient (Wildman–Crippen LogP) is 12.5. The number of carbonyl (C=O) groups excluding carboxylic acids is 3. The van der Waals surface area contributed by atoms with Crippen LogP contribution in [0.5, 0.6) is 11.5 Å². The number of anilines is 3. The van der Waals surface area contributed by atoms with Crippen LogP contribution in [0.2, 0.25) is 0 Å². The molecule has 6 aromatic rings. The summed E-state index contributed by atoms with van der Waals surface area (Å²) in [6, 6.07) is 41.7. The minimum Gasteiger partial charge on any atom is -0.494 e. The second kappa shape index (κ2) is 29.9. The molecule has 0 unspecified atom stereocenters. The van der Waals surface area contributed by atoms with E-state index in [4.69, 9.17) is 13.9 Å². The molecule has 0 atom stereocenters. The minimum absolute atomic E-state index is 0.0467. The van der Waals surface area contributed by atoms with Crippen LogP contribution >= 0.6 is 11.8 Å². The second-order valence-electron chi connectivity index (χ2n) is 20.4. The van der Waals surface area contributed by atoms with Crippen LogP contribution in [-0.2, 0) is 9.59 Å². The molecule has 0 bridgehead atoms. The Kier molecular flexibility index (Phi) is 21.5. The average Bonchev–Trinajstić information content (AvgIpc) is 1.32. The first kappa shape index (κ1) is 63.3. The Bertz CT molecular complexity index is 4060. The van der Waals surface area contributed by atoms with Crippen LogP contribution in [0.25, 0.3) is 38.3 Å². The number of benzene rings is 7. The van der Waals surface area contributed by atoms with Crippen LogP contribution in [0.4, 0.5) is 45.5 Å². The second-order valence-corrected chi connectivity index (χ2v) is 21.6. The average molecular weight is 1210 g/mol. The molecule has 0 saturated carbocycles. The van der Waals surface area contributed by atoms with Gasteiger partial charge >= 0.3 is 5.97 Å². The van der Waals surface area contributed by atoms with Crippen LogP contribution < -0.4 is 45.2 Å². The van der Waals surface area contributed by atoms with Crippen molar-refractivity contribution in [1.82, 2.24) is 15.2 Å². The Labute approximate surface area is 512 Å². The maximum Gasteiger partial charge on any atom is 0.336 e. The fourth-order valence-electron chi connectivity index (χ4n) is 9.26. The summed E-state index contributed by atoms with van der Waals surface area (Å²) in [5.41, 5.74) is 7.37. The van der Waals surface area contributed by atoms with Crippen molar-refractivity contribution >= 4 is 96.8 Å². The van der Waals surface area contributed by atoms with E-state index in [1.54, 1.807) is 48.5 Å². The third-order valence-electron chi connectivity index (χ3n) is 14.0. The number of nitro benzene ring substituents is 1. The molecule has 3 amide bonds. The van der Waals surface area contributed by atoms with Crippen molar-refractivity contribution in [3.8, 4) is 40.0 Å². The number of azo groups is 2. The van der Waals surface area contributed by atoms with Crippen LogP contribution in [0.15, 0.2) is 170 Å². The quantitative estimate of drug-likeness (QED) is 0.00746. The van der Waals surface area contributed by atoms with Crippen LogP contribution in [-0.4, -0.2) is 109 Å². The summed E-state index contributed by atoms with van der Waals surface area (Å²) < 4.78 is 19.4. The van der Waals surface area contributed by atoms with Gasteiger partial charge in [0.2, 0.25) is 17.2 Å². The Morgan fingerprint density at radius 1 is 0.716 bits per heavy atom. The Balaban J connectivity index is 0.750. The zero-order valence-corrected chi connectivity index (χ0v) is 50.4. The van der Waals surface area contributed by atoms with Gasteiger partial charge in [-0.1, -0.05) is 18.2 Å². The number of aromatic carboxylic acids is 1. The third kappa shape index (κ3) is 16.4. The number of non-ortho nitro benzene ring substituents is 1. The fraction of sp³-hybridized carbons (Fsp3) is 0.231. The molecule has 0 aromatic heterocycles. The van der Waals surface area contributed by atoms with E-state index in [1.807, 2.05) is 110 Å². The highest BCUT2D eigenvalue weighted by atomic mass is 32.2. The highest BCUT2D eigenvalue weighted by Crippen LogP contribution is 2.43. The van der Waals surface area contributed by atoms with E-state index in [9.17, 15) is 39.7 Å². The molecule has 2 aliphatic rings. The molecule has 4 N–H and O–H groups in total. The Morgan fingerprint density at radius 2 is 1.34 bits per heavy atom. The Hall–Kier alpha value is -10.7. The van der Waals surface area contributed by atoms with Gasteiger partial charge in [0.25, 0.3) is 11.6 Å². The van der Waals surface area contributed by atoms with Gasteiger partial charge in [-0.2, -0.15) is 15.5 Å². The molecular formula is C65H65N12O10S+. The van der Waals surface area contributed by atoms with Gasteiger partial charge in [-0.3, -0.25) is 24.5 Å². The molecule has 1 aliphatic carbocycles. The first-order valence-corrected chi connectivity index (χ1v) is 28.8. The van der Waals surface area contributed by atoms with Gasteiger partial charge in [0.15, 0.2) is 0 Å². The van der Waals surface area contributed by atoms with E-state index < -0.39 is 16.8 Å². The normalized spacial score (nSPS) is 11.4. The highest BCUT2D eigenvalue weighted by molar-refractivity contribution is 8.08. The molecule has 1 aliphatic heterocycles. The largest absolute Gasteiger partial charge is 0.494 e. The van der Waals surface area contributed by atoms with E-state index in [2.05, 4.69) is 42.5 Å². The number of carboxylic acid groups (broad SMARTS) is 1. The van der Waals surface area contributed by atoms with E-state index in [0.29, 0.717) is 105 Å². The number of thioether (sulfide) groups is 1. The van der Waals surface area contributed by atoms with Crippen LogP contribution in [0.1, 0.15) is 52.0 Å². The number of hydrogen-bond donors (Lipinski definition) is 4. The predicted molar refractivity (Wildman–Crippen MR) is 342 cm³/mol. The third-order valence-corrected chi connectivity index (χ3v) is 15.0. The number of nitriles is 1. The molecule has 22 nitrogen and oxygen atoms in total. The summed E-state index contributed by atoms with van der Waals surface area (Å²) in [6.45, 7) is 1.17. The van der Waals surface area contributed by atoms with Crippen LogP contribution in [0.3, 0.4) is 0 Å². The zero-order valence-electron chi connectivity index (χ0n) is 49.6. The van der Waals surface area contributed by atoms with Crippen molar-refractivity contribution in [1.29, 1.82) is 5.26 Å². The van der Waals surface area contributed by atoms with Crippen molar-refractivity contribution in [2.24, 2.45) is 20.5 Å². The first-order valence-electron chi connectivity index (χ1n) is 27.8. The smallest absolute Gasteiger partial charge is 0.336 e. The summed E-state index contributed by atoms with van der Waals surface area (Å²) in [5, 5.41) is 58.5. The molecule has 23 heteroatoms. The van der Waals surface area contributed by atoms with Gasteiger partial charge in [0, 0.05) is 146 Å². The lowest BCUT2D eigenvalue weighted by atomic mass is 9.89. The van der Waals surface area contributed by atoms with E-state index in [0.717, 1.165) is 33.2 Å². The number of methoxy groups -OCH3 is 2. The summed E-state index contributed by atoms with van der Waals surface area (Å²) in [4.78, 5) is 67.2. The van der Waals surface area contributed by atoms with Crippen molar-refractivity contribution in [3.63, 3.8) is 0 Å². The number of nitrogens with one attached hydrogen (secondary N) is 3. The van der Waals surface area contributed by atoms with E-state index in [-0.39, 0.29) is 41.6 Å². The number of fused-ring (bicyclic) bond motifs is 2. The molecule has 1 heterocycles. The standard InChI is InChI=1S/C65H64N12O10S/c1-74(2)48-25-28-51-56(37-48)87-57-38-49(75(3)4)26-29-52(57)63(51)50-27-14-42(36-53(50)65(81)82)64(80)68-32-8-10-62(79)69-43-15-12-41(13-16-43)60(30-31-66)88-35-33-67-61(78)11-9-34-76(5)46-21-17-44(18-22-46)70-72-54-39-59(86-7)55(40-58(54)85-6)73-71-45-19-23-47(24-20-45)77(83)84/h12-30,36-40H,8-11,32-35H2,1-7H3,(H3-,67,68,69,78,79,80,81,82)/p+1/b60-30+,72-70?,73-71?. The summed E-state index contributed by atoms with van der Waals surface area (Å²) >= 11 is 1.43. The highest BCUT2D eigenvalue weighted by Gasteiger charge is 2.24. The number of ether oxygens (including phenoxy) is 2. The van der Waals surface area contributed by atoms with Gasteiger partial charge in [-0.25, -0.2) is 9.37 Å². The van der Waals surface area contributed by atoms with Gasteiger partial charge in [-0.15, -0.1) is 22.0 Å². The minimum atomic E-state index is -1.19. The maximum atomic E-state index is 13.4. The van der Waals surface area contributed by atoms with E-state index >= 15 is 0 Å². The molecule has 450 valence electrons. The number of nitro groups is 1. The van der Waals surface area contributed by atoms with Crippen molar-refractivity contribution in [2.75, 3.05) is 90.0 Å². The molecule has 0 fully saturated rings. The molecule has 6 aromatic carbocycles. The molecule has 0 saturated heterocycles. The van der Waals surface area contributed by atoms with Crippen molar-refractivity contribution in [3.05, 3.63) is 178 Å². The topological polar surface area (TPSA) is 282 Å². The van der Waals surface area contributed by atoms with Gasteiger partial charge in [0.1, 0.15) is 48.3 Å². The Morgan fingerprint density at radius 3 is 1.95 bits per heavy atom. The maximum absolute atomic E-state index is 13.4. The zero-order chi connectivity index (χ0) is 62.9. The number of allylic oxidation sites excluding steroid dienone is 1. The van der Waals surface area contributed by atoms with Gasteiger partial charge in [-0.05, 0) is 103 Å². The molecular weight excluding hydrogens is 1140 g/mol. The summed E-state index contributed by atoms with van der Waals surface area (Å²) in [5.74, 6) is -0.193. The summed E-state index contributed by atoms with van der Waals surface area (Å²) in [7, 11) is 12.6. The molecule has 8 rings (SSSR count). The first-order chi connectivity index (χ1) is 42.4.